The third-order valence-corrected chi connectivity index (χ3v) is 18.4. The van der Waals surface area contributed by atoms with E-state index >= 15 is 4.79 Å². The highest BCUT2D eigenvalue weighted by atomic mass is 32.2. The van der Waals surface area contributed by atoms with Crippen LogP contribution in [0.1, 0.15) is 115 Å². The third kappa shape index (κ3) is 13.4. The van der Waals surface area contributed by atoms with E-state index in [0.29, 0.717) is 12.5 Å². The predicted octanol–water partition coefficient (Wildman–Crippen LogP) is 3.81. The molecule has 5 saturated heterocycles. The van der Waals surface area contributed by atoms with Crippen LogP contribution in [0.15, 0.2) is 5.18 Å². The van der Waals surface area contributed by atoms with Crippen LogP contribution < -0.4 is 4.72 Å². The first kappa shape index (κ1) is 61.7. The minimum atomic E-state index is -3.64. The van der Waals surface area contributed by atoms with Gasteiger partial charge in [0, 0.05) is 77.3 Å². The Morgan fingerprint density at radius 1 is 0.945 bits per heavy atom. The van der Waals surface area contributed by atoms with E-state index in [1.165, 1.54) is 24.9 Å². The van der Waals surface area contributed by atoms with Gasteiger partial charge in [-0.3, -0.25) is 14.6 Å². The topological polar surface area (TPSA) is 237 Å². The Hall–Kier alpha value is -2.19. The van der Waals surface area contributed by atoms with E-state index in [0.717, 1.165) is 25.9 Å². The van der Waals surface area contributed by atoms with Crippen molar-refractivity contribution in [2.45, 2.75) is 210 Å². The Bertz CT molecular complexity index is 1960. The van der Waals surface area contributed by atoms with Gasteiger partial charge in [0.2, 0.25) is 10.0 Å². The van der Waals surface area contributed by atoms with Crippen molar-refractivity contribution >= 4 is 22.1 Å². The minimum absolute atomic E-state index is 0.0603. The van der Waals surface area contributed by atoms with E-state index in [-0.39, 0.29) is 51.0 Å². The maximum atomic E-state index is 15.1. The lowest BCUT2D eigenvalue weighted by Gasteiger charge is -2.54. The molecule has 20 atom stereocenters. The average molecular weight is 1060 g/mol. The van der Waals surface area contributed by atoms with Crippen LogP contribution in [0, 0.1) is 28.6 Å². The number of likely N-dealkylation sites (tertiary alicyclic amines) is 1. The molecule has 0 saturated carbocycles. The van der Waals surface area contributed by atoms with Gasteiger partial charge in [0.1, 0.15) is 23.4 Å². The van der Waals surface area contributed by atoms with Gasteiger partial charge >= 0.3 is 12.1 Å². The Balaban J connectivity index is 1.61. The monoisotopic (exact) mass is 1060 g/mol. The number of hydrogen-bond acceptors (Lipinski definition) is 19. The van der Waals surface area contributed by atoms with Gasteiger partial charge in [-0.05, 0) is 114 Å². The van der Waals surface area contributed by atoms with Crippen molar-refractivity contribution < 1.29 is 66.1 Å². The summed E-state index contributed by atoms with van der Waals surface area (Å²) in [4.78, 5) is 50.4. The smallest absolute Gasteiger partial charge is 0.410 e. The Morgan fingerprint density at radius 2 is 1.62 bits per heavy atom. The number of carbonyl (C=O) groups is 2. The Morgan fingerprint density at radius 3 is 2.18 bits per heavy atom. The molecule has 0 aromatic carbocycles. The van der Waals surface area contributed by atoms with E-state index in [1.807, 2.05) is 60.7 Å². The van der Waals surface area contributed by atoms with Crippen molar-refractivity contribution in [2.75, 3.05) is 80.9 Å². The van der Waals surface area contributed by atoms with Gasteiger partial charge in [-0.2, -0.15) is 4.91 Å². The summed E-state index contributed by atoms with van der Waals surface area (Å²) < 4.78 is 79.5. The zero-order chi connectivity index (χ0) is 54.8. The third-order valence-electron chi connectivity index (χ3n) is 17.6. The van der Waals surface area contributed by atoms with Gasteiger partial charge in [-0.15, -0.1) is 0 Å². The second kappa shape index (κ2) is 24.6. The molecule has 5 rings (SSSR count). The van der Waals surface area contributed by atoms with Crippen molar-refractivity contribution in [3.05, 3.63) is 4.91 Å². The molecule has 73 heavy (non-hydrogen) atoms. The SMILES string of the molecule is CC[C@H]1OC(=O)[C@H](C)[C@@H](O[C@H]2C[C@@](C)(OC)[C@@](O)(CN(C)CCN3CCC[C@H]3C)[C@H](C)O2)[C@H](C)[C@@H](O[C@@H]2O[C@H](C)C[C@H](N(C)C)[C@H]2O)[C@@](C)(OC)C[C@@H](C)C(N=O)[C@H](C)[C@H]2N(CCNS(C)(=O)=O)C(=O)O[C@]12C. The number of cyclic esters (lactones) is 1. The molecule has 5 aliphatic rings. The Labute approximate surface area is 436 Å². The first-order chi connectivity index (χ1) is 33.9. The molecule has 22 heteroatoms. The number of aliphatic hydroxyl groups excluding tert-OH is 1. The van der Waals surface area contributed by atoms with Crippen LogP contribution in [0.2, 0.25) is 0 Å². The molecule has 0 aromatic heterocycles. The van der Waals surface area contributed by atoms with Crippen molar-refractivity contribution in [3.63, 3.8) is 0 Å². The number of aliphatic hydroxyl groups is 2. The first-order valence-electron chi connectivity index (χ1n) is 26.6. The lowest BCUT2D eigenvalue weighted by molar-refractivity contribution is -0.339. The number of nitrogens with zero attached hydrogens (tertiary/aromatic N) is 5. The molecule has 3 N–H and O–H groups in total. The second-order valence-electron chi connectivity index (χ2n) is 23.3. The summed E-state index contributed by atoms with van der Waals surface area (Å²) in [5.41, 5.74) is -5.56. The highest BCUT2D eigenvalue weighted by Crippen LogP contribution is 2.47. The molecular formula is C51H94N6O15S. The van der Waals surface area contributed by atoms with Gasteiger partial charge < -0.3 is 57.9 Å². The summed E-state index contributed by atoms with van der Waals surface area (Å²) in [6, 6.07) is -1.77. The quantitative estimate of drug-likeness (QED) is 0.131. The summed E-state index contributed by atoms with van der Waals surface area (Å²) in [5, 5.41) is 28.3. The molecule has 5 aliphatic heterocycles. The molecule has 0 radical (unpaired) electrons. The number of nitroso groups, excluding NO2 is 1. The highest BCUT2D eigenvalue weighted by molar-refractivity contribution is 7.88. The van der Waals surface area contributed by atoms with Crippen LogP contribution in [-0.4, -0.2) is 227 Å². The molecule has 5 fully saturated rings. The van der Waals surface area contributed by atoms with Crippen LogP contribution >= 0.6 is 0 Å². The van der Waals surface area contributed by atoms with Crippen LogP contribution in [0.4, 0.5) is 4.79 Å². The number of hydrogen-bond donors (Lipinski definition) is 3. The minimum Gasteiger partial charge on any atom is -0.458 e. The van der Waals surface area contributed by atoms with Crippen LogP contribution in [0.5, 0.6) is 0 Å². The van der Waals surface area contributed by atoms with Gasteiger partial charge in [0.05, 0.1) is 54.3 Å². The molecule has 0 spiro atoms. The molecule has 0 aromatic rings. The first-order valence-corrected chi connectivity index (χ1v) is 28.5. The summed E-state index contributed by atoms with van der Waals surface area (Å²) in [7, 11) is 5.20. The van der Waals surface area contributed by atoms with Crippen molar-refractivity contribution in [1.82, 2.24) is 24.3 Å². The number of fused-ring (bicyclic) bond motifs is 1. The molecule has 0 aliphatic carbocycles. The van der Waals surface area contributed by atoms with Crippen molar-refractivity contribution in [2.24, 2.45) is 28.8 Å². The van der Waals surface area contributed by atoms with Crippen LogP contribution in [0.25, 0.3) is 0 Å². The molecule has 424 valence electrons. The number of amides is 1. The molecule has 1 unspecified atom stereocenters. The normalized spacial score (nSPS) is 43.7. The second-order valence-corrected chi connectivity index (χ2v) is 25.1. The molecular weight excluding hydrogens is 969 g/mol. The summed E-state index contributed by atoms with van der Waals surface area (Å²) >= 11 is 0. The number of nitrogens with one attached hydrogen (secondary N) is 1. The van der Waals surface area contributed by atoms with E-state index in [2.05, 4.69) is 26.6 Å². The van der Waals surface area contributed by atoms with E-state index in [4.69, 9.17) is 37.9 Å². The van der Waals surface area contributed by atoms with Gasteiger partial charge in [0.25, 0.3) is 0 Å². The van der Waals surface area contributed by atoms with Crippen molar-refractivity contribution in [3.8, 4) is 0 Å². The number of rotatable bonds is 18. The number of methoxy groups -OCH3 is 2. The van der Waals surface area contributed by atoms with E-state index in [1.54, 1.807) is 41.7 Å². The van der Waals surface area contributed by atoms with Gasteiger partial charge in [-0.25, -0.2) is 17.9 Å². The predicted molar refractivity (Wildman–Crippen MR) is 274 cm³/mol. The summed E-state index contributed by atoms with van der Waals surface area (Å²) in [5.74, 6) is -3.86. The fourth-order valence-electron chi connectivity index (χ4n) is 13.1. The maximum absolute atomic E-state index is 15.1. The van der Waals surface area contributed by atoms with Crippen LogP contribution in [0.3, 0.4) is 0 Å². The standard InChI is InChI=1S/C51H94N6O15S/c1-18-38-50(11)43(57(47(60)72-50)23-21-52-73(17,63)64)33(5)40(53-62)30(2)27-48(9,65-15)44(71-46-41(58)37(54(12)13)26-32(4)67-46)34(6)42(35(7)45(59)69-38)70-39-28-49(10,66-16)51(61,36(8)68-39)29-55(14)24-25-56-22-19-20-31(56)3/h30-44,46,52,58,61H,18-29H2,1-17H3/t30-,31-,32-,33+,34+,35-,36+,37+,38-,39+,40?,41-,42+,43-,44-,46+,48+,49-,50-,51-/m1/s1. The fraction of sp³-hybridized carbons (Fsp3) is 0.961. The number of carbonyl (C=O) groups excluding carboxylic acids is 2. The highest BCUT2D eigenvalue weighted by Gasteiger charge is 2.62. The van der Waals surface area contributed by atoms with E-state index < -0.39 is 123 Å². The molecule has 21 nitrogen and oxygen atoms in total. The number of ether oxygens (including phenoxy) is 8. The molecule has 0 bridgehead atoms. The number of likely N-dealkylation sites (N-methyl/N-ethyl adjacent to an activating group) is 2. The summed E-state index contributed by atoms with van der Waals surface area (Å²) in [6.45, 7) is 23.0. The fourth-order valence-corrected chi connectivity index (χ4v) is 13.5. The lowest BCUT2D eigenvalue weighted by Crippen LogP contribution is -2.70. The molecule has 5 heterocycles. The van der Waals surface area contributed by atoms with Gasteiger partial charge in [-0.1, -0.05) is 32.9 Å². The number of esters is 1. The molecule has 1 amide bonds. The summed E-state index contributed by atoms with van der Waals surface area (Å²) in [6.07, 6.45) is -4.14. The lowest BCUT2D eigenvalue weighted by atomic mass is 9.71. The zero-order valence-electron chi connectivity index (χ0n) is 47.1. The van der Waals surface area contributed by atoms with Gasteiger partial charge in [0.15, 0.2) is 18.2 Å². The number of sulfonamides is 1. The van der Waals surface area contributed by atoms with Crippen molar-refractivity contribution in [1.29, 1.82) is 0 Å². The van der Waals surface area contributed by atoms with Crippen LogP contribution in [-0.2, 0) is 52.7 Å². The largest absolute Gasteiger partial charge is 0.458 e. The average Bonchev–Trinajstić information content (AvgIpc) is 3.84. The zero-order valence-corrected chi connectivity index (χ0v) is 47.9. The van der Waals surface area contributed by atoms with E-state index in [9.17, 15) is 28.3 Å². The Kier molecular flexibility index (Phi) is 20.8. The maximum Gasteiger partial charge on any atom is 0.410 e.